The number of aryl methyl sites for hydroxylation is 1. The summed E-state index contributed by atoms with van der Waals surface area (Å²) in [6.45, 7) is 3.80. The van der Waals surface area contributed by atoms with Gasteiger partial charge in [0.15, 0.2) is 0 Å². The summed E-state index contributed by atoms with van der Waals surface area (Å²) in [5.41, 5.74) is 3.77. The molecule has 1 aromatic rings. The van der Waals surface area contributed by atoms with E-state index in [2.05, 4.69) is 11.4 Å². The van der Waals surface area contributed by atoms with Gasteiger partial charge in [0.1, 0.15) is 5.75 Å². The summed E-state index contributed by atoms with van der Waals surface area (Å²) in [5, 5.41) is 13.1. The second-order valence-electron chi connectivity index (χ2n) is 4.81. The molecule has 2 heteroatoms. The highest BCUT2D eigenvalue weighted by Gasteiger charge is 2.04. The van der Waals surface area contributed by atoms with Gasteiger partial charge in [0.05, 0.1) is 0 Å². The van der Waals surface area contributed by atoms with Crippen molar-refractivity contribution in [2.24, 2.45) is 0 Å². The van der Waals surface area contributed by atoms with Crippen molar-refractivity contribution in [1.29, 1.82) is 0 Å². The number of rotatable bonds is 5. The molecule has 0 saturated heterocycles. The molecule has 1 aromatic carbocycles. The lowest BCUT2D eigenvalue weighted by Crippen LogP contribution is -2.15. The van der Waals surface area contributed by atoms with Crippen LogP contribution in [-0.2, 0) is 6.54 Å². The number of phenols is 1. The highest BCUT2D eigenvalue weighted by atomic mass is 16.3. The van der Waals surface area contributed by atoms with E-state index in [9.17, 15) is 5.11 Å². The fourth-order valence-electron chi connectivity index (χ4n) is 2.29. The first-order valence-corrected chi connectivity index (χ1v) is 6.43. The van der Waals surface area contributed by atoms with Crippen molar-refractivity contribution < 1.29 is 5.11 Å². The molecule has 0 aromatic heterocycles. The molecule has 1 aliphatic carbocycles. The molecule has 0 heterocycles. The van der Waals surface area contributed by atoms with Gasteiger partial charge in [-0.1, -0.05) is 29.3 Å². The maximum atomic E-state index is 9.69. The van der Waals surface area contributed by atoms with Gasteiger partial charge in [-0.15, -0.1) is 0 Å². The molecule has 2 N–H and O–H groups in total. The van der Waals surface area contributed by atoms with Crippen LogP contribution >= 0.6 is 0 Å². The smallest absolute Gasteiger partial charge is 0.120 e. The normalized spacial score (nSPS) is 15.0. The minimum atomic E-state index is 0.392. The van der Waals surface area contributed by atoms with E-state index in [0.29, 0.717) is 5.75 Å². The fourth-order valence-corrected chi connectivity index (χ4v) is 2.29. The van der Waals surface area contributed by atoms with Crippen molar-refractivity contribution in [3.8, 4) is 5.75 Å². The topological polar surface area (TPSA) is 32.3 Å². The molecule has 1 aliphatic rings. The van der Waals surface area contributed by atoms with Gasteiger partial charge in [-0.05, 0) is 45.2 Å². The molecule has 0 spiro atoms. The zero-order valence-corrected chi connectivity index (χ0v) is 10.5. The molecule has 92 valence electrons. The Hall–Kier alpha value is -1.28. The summed E-state index contributed by atoms with van der Waals surface area (Å²) in [5.74, 6) is 0.392. The van der Waals surface area contributed by atoms with E-state index in [1.807, 2.05) is 19.1 Å². The van der Waals surface area contributed by atoms with E-state index in [0.717, 1.165) is 25.1 Å². The van der Waals surface area contributed by atoms with E-state index in [1.54, 1.807) is 11.6 Å². The second-order valence-corrected chi connectivity index (χ2v) is 4.81. The van der Waals surface area contributed by atoms with Crippen LogP contribution < -0.4 is 5.32 Å². The molecular formula is C15H21NO. The summed E-state index contributed by atoms with van der Waals surface area (Å²) in [6, 6.07) is 5.74. The van der Waals surface area contributed by atoms with Crippen LogP contribution in [0.15, 0.2) is 29.8 Å². The Kier molecular flexibility index (Phi) is 4.21. The Labute approximate surface area is 103 Å². The summed E-state index contributed by atoms with van der Waals surface area (Å²) in [6.07, 6.45) is 7.37. The van der Waals surface area contributed by atoms with Gasteiger partial charge in [0.2, 0.25) is 0 Å². The third-order valence-corrected chi connectivity index (χ3v) is 3.31. The molecule has 0 radical (unpaired) electrons. The maximum absolute atomic E-state index is 9.69. The van der Waals surface area contributed by atoms with Crippen molar-refractivity contribution in [2.45, 2.75) is 39.2 Å². The molecular weight excluding hydrogens is 210 g/mol. The number of benzene rings is 1. The molecule has 0 fully saturated rings. The average molecular weight is 231 g/mol. The largest absolute Gasteiger partial charge is 0.508 e. The van der Waals surface area contributed by atoms with Crippen LogP contribution in [-0.4, -0.2) is 11.7 Å². The van der Waals surface area contributed by atoms with E-state index >= 15 is 0 Å². The van der Waals surface area contributed by atoms with Crippen LogP contribution in [0, 0.1) is 6.92 Å². The number of hydrogen-bond donors (Lipinski definition) is 2. The molecule has 0 aliphatic heterocycles. The third kappa shape index (κ3) is 3.60. The van der Waals surface area contributed by atoms with Gasteiger partial charge >= 0.3 is 0 Å². The molecule has 2 nitrogen and oxygen atoms in total. The van der Waals surface area contributed by atoms with Crippen molar-refractivity contribution in [3.63, 3.8) is 0 Å². The predicted molar refractivity (Wildman–Crippen MR) is 71.1 cm³/mol. The highest BCUT2D eigenvalue weighted by Crippen LogP contribution is 2.20. The summed E-state index contributed by atoms with van der Waals surface area (Å²) < 4.78 is 0. The van der Waals surface area contributed by atoms with Crippen LogP contribution in [0.1, 0.15) is 36.8 Å². The summed E-state index contributed by atoms with van der Waals surface area (Å²) in [4.78, 5) is 0. The van der Waals surface area contributed by atoms with Crippen molar-refractivity contribution >= 4 is 0 Å². The minimum absolute atomic E-state index is 0.392. The zero-order chi connectivity index (χ0) is 12.1. The lowest BCUT2D eigenvalue weighted by atomic mass is 10.1. The SMILES string of the molecule is Cc1ccc(O)c(CNCCC2=CCCC2)c1. The van der Waals surface area contributed by atoms with Crippen LogP contribution in [0.25, 0.3) is 0 Å². The number of nitrogens with one attached hydrogen (secondary N) is 1. The zero-order valence-electron chi connectivity index (χ0n) is 10.5. The molecule has 2 rings (SSSR count). The summed E-state index contributed by atoms with van der Waals surface area (Å²) in [7, 11) is 0. The van der Waals surface area contributed by atoms with Gasteiger partial charge in [-0.2, -0.15) is 0 Å². The van der Waals surface area contributed by atoms with E-state index in [1.165, 1.54) is 24.8 Å². The molecule has 0 unspecified atom stereocenters. The van der Waals surface area contributed by atoms with Crippen molar-refractivity contribution in [2.75, 3.05) is 6.54 Å². The molecule has 0 atom stereocenters. The van der Waals surface area contributed by atoms with Gasteiger partial charge in [0.25, 0.3) is 0 Å². The first-order valence-electron chi connectivity index (χ1n) is 6.43. The van der Waals surface area contributed by atoms with E-state index < -0.39 is 0 Å². The van der Waals surface area contributed by atoms with Gasteiger partial charge in [-0.3, -0.25) is 0 Å². The van der Waals surface area contributed by atoms with Crippen LogP contribution in [0.5, 0.6) is 5.75 Å². The monoisotopic (exact) mass is 231 g/mol. The Morgan fingerprint density at radius 3 is 3.00 bits per heavy atom. The first-order chi connectivity index (χ1) is 8.25. The highest BCUT2D eigenvalue weighted by molar-refractivity contribution is 5.35. The Morgan fingerprint density at radius 2 is 2.24 bits per heavy atom. The van der Waals surface area contributed by atoms with Gasteiger partial charge in [0, 0.05) is 12.1 Å². The fraction of sp³-hybridized carbons (Fsp3) is 0.467. The Bertz CT molecular complexity index is 409. The van der Waals surface area contributed by atoms with Crippen molar-refractivity contribution in [3.05, 3.63) is 41.0 Å². The Balaban J connectivity index is 1.75. The lowest BCUT2D eigenvalue weighted by molar-refractivity contribution is 0.464. The van der Waals surface area contributed by atoms with Crippen molar-refractivity contribution in [1.82, 2.24) is 5.32 Å². The van der Waals surface area contributed by atoms with Crippen LogP contribution in [0.2, 0.25) is 0 Å². The predicted octanol–water partition coefficient (Wildman–Crippen LogP) is 3.29. The number of aromatic hydroxyl groups is 1. The molecule has 0 bridgehead atoms. The van der Waals surface area contributed by atoms with Crippen LogP contribution in [0.4, 0.5) is 0 Å². The van der Waals surface area contributed by atoms with Crippen LogP contribution in [0.3, 0.4) is 0 Å². The quantitative estimate of drug-likeness (QED) is 0.602. The average Bonchev–Trinajstić information content (AvgIpc) is 2.82. The second kappa shape index (κ2) is 5.87. The summed E-state index contributed by atoms with van der Waals surface area (Å²) >= 11 is 0. The van der Waals surface area contributed by atoms with E-state index in [4.69, 9.17) is 0 Å². The number of allylic oxidation sites excluding steroid dienone is 1. The maximum Gasteiger partial charge on any atom is 0.120 e. The standard InChI is InChI=1S/C15H21NO/c1-12-6-7-15(17)14(10-12)11-16-9-8-13-4-2-3-5-13/h4,6-7,10,16-17H,2-3,5,8-9,11H2,1H3. The lowest BCUT2D eigenvalue weighted by Gasteiger charge is -2.08. The Morgan fingerprint density at radius 1 is 1.35 bits per heavy atom. The molecule has 0 saturated carbocycles. The van der Waals surface area contributed by atoms with E-state index in [-0.39, 0.29) is 0 Å². The first kappa shape index (κ1) is 12.2. The number of hydrogen-bond acceptors (Lipinski definition) is 2. The molecule has 17 heavy (non-hydrogen) atoms. The van der Waals surface area contributed by atoms with Gasteiger partial charge in [-0.25, -0.2) is 0 Å². The van der Waals surface area contributed by atoms with Gasteiger partial charge < -0.3 is 10.4 Å². The number of phenolic OH excluding ortho intramolecular Hbond substituents is 1. The third-order valence-electron chi connectivity index (χ3n) is 3.31. The molecule has 0 amide bonds. The minimum Gasteiger partial charge on any atom is -0.508 e.